The lowest BCUT2D eigenvalue weighted by Gasteiger charge is -2.50. The number of hydrogen-bond donors (Lipinski definition) is 1. The van der Waals surface area contributed by atoms with Gasteiger partial charge in [-0.05, 0) is 53.4 Å². The molecule has 3 atom stereocenters. The number of fused-ring (bicyclic) bond motifs is 2. The van der Waals surface area contributed by atoms with Gasteiger partial charge in [0, 0.05) is 35.1 Å². The van der Waals surface area contributed by atoms with E-state index in [1.165, 1.54) is 0 Å². The fourth-order valence-electron chi connectivity index (χ4n) is 5.52. The minimum atomic E-state index is -1.03. The van der Waals surface area contributed by atoms with Crippen LogP contribution in [0.3, 0.4) is 0 Å². The molecule has 0 aromatic heterocycles. The molecular weight excluding hydrogens is 443 g/mol. The molecule has 1 saturated heterocycles. The predicted molar refractivity (Wildman–Crippen MR) is 127 cm³/mol. The van der Waals surface area contributed by atoms with Gasteiger partial charge in [-0.1, -0.05) is 65.7 Å². The number of halogens is 2. The summed E-state index contributed by atoms with van der Waals surface area (Å²) in [6.45, 7) is 2.01. The molecule has 2 aliphatic rings. The Hall–Kier alpha value is -2.82. The molecule has 3 aromatic rings. The highest BCUT2D eigenvalue weighted by molar-refractivity contribution is 6.31. The van der Waals surface area contributed by atoms with Gasteiger partial charge >= 0.3 is 0 Å². The fraction of sp³-hybridized carbons (Fsp3) is 0.231. The Bertz CT molecular complexity index is 1260. The number of likely N-dealkylation sites (tertiary alicyclic amines) is 1. The van der Waals surface area contributed by atoms with Gasteiger partial charge in [0.15, 0.2) is 0 Å². The van der Waals surface area contributed by atoms with Gasteiger partial charge in [-0.3, -0.25) is 9.59 Å². The highest BCUT2D eigenvalue weighted by Crippen LogP contribution is 2.60. The van der Waals surface area contributed by atoms with E-state index >= 15 is 0 Å². The second-order valence-electron chi connectivity index (χ2n) is 8.59. The first kappa shape index (κ1) is 21.0. The summed E-state index contributed by atoms with van der Waals surface area (Å²) in [5.74, 6) is -0.534. The van der Waals surface area contributed by atoms with Crippen molar-refractivity contribution >= 4 is 40.7 Å². The van der Waals surface area contributed by atoms with Crippen molar-refractivity contribution in [3.8, 4) is 0 Å². The number of nitrogens with one attached hydrogen (secondary N) is 1. The van der Waals surface area contributed by atoms with Crippen LogP contribution in [0.2, 0.25) is 10.0 Å². The lowest BCUT2D eigenvalue weighted by Crippen LogP contribution is -2.57. The third-order valence-electron chi connectivity index (χ3n) is 6.93. The highest BCUT2D eigenvalue weighted by Gasteiger charge is 2.62. The lowest BCUT2D eigenvalue weighted by molar-refractivity contribution is -0.143. The molecule has 2 aliphatic heterocycles. The molecular formula is C26H22Cl2N2O2. The van der Waals surface area contributed by atoms with Gasteiger partial charge in [0.1, 0.15) is 5.41 Å². The molecule has 1 fully saturated rings. The molecule has 2 heterocycles. The maximum Gasteiger partial charge on any atom is 0.238 e. The first-order chi connectivity index (χ1) is 15.3. The Morgan fingerprint density at radius 1 is 0.969 bits per heavy atom. The first-order valence-corrected chi connectivity index (χ1v) is 11.3. The Morgan fingerprint density at radius 2 is 1.72 bits per heavy atom. The number of piperidine rings is 1. The highest BCUT2D eigenvalue weighted by atomic mass is 35.5. The second kappa shape index (κ2) is 7.65. The van der Waals surface area contributed by atoms with Gasteiger partial charge in [-0.2, -0.15) is 0 Å². The maximum atomic E-state index is 14.0. The van der Waals surface area contributed by atoms with E-state index in [0.717, 1.165) is 22.3 Å². The summed E-state index contributed by atoms with van der Waals surface area (Å²) in [4.78, 5) is 29.0. The number of hydrogen-bond acceptors (Lipinski definition) is 2. The van der Waals surface area contributed by atoms with Crippen LogP contribution in [0.15, 0.2) is 66.7 Å². The summed E-state index contributed by atoms with van der Waals surface area (Å²) in [6, 6.07) is 20.4. The van der Waals surface area contributed by atoms with E-state index in [1.807, 2.05) is 61.5 Å². The quantitative estimate of drug-likeness (QED) is 0.514. The van der Waals surface area contributed by atoms with E-state index in [4.69, 9.17) is 23.2 Å². The van der Waals surface area contributed by atoms with Crippen LogP contribution >= 0.6 is 23.2 Å². The van der Waals surface area contributed by atoms with Crippen LogP contribution in [-0.2, 0) is 15.0 Å². The first-order valence-electron chi connectivity index (χ1n) is 10.5. The number of amides is 2. The third kappa shape index (κ3) is 2.97. The molecule has 1 N–H and O–H groups in total. The van der Waals surface area contributed by atoms with Crippen LogP contribution in [0, 0.1) is 6.92 Å². The zero-order valence-corrected chi connectivity index (χ0v) is 19.2. The van der Waals surface area contributed by atoms with Crippen LogP contribution in [0.25, 0.3) is 0 Å². The molecule has 5 rings (SSSR count). The molecule has 0 saturated carbocycles. The van der Waals surface area contributed by atoms with Crippen molar-refractivity contribution in [2.75, 3.05) is 12.4 Å². The van der Waals surface area contributed by atoms with Gasteiger partial charge in [-0.25, -0.2) is 0 Å². The standard InChI is InChI=1S/C26H22Cl2N2O2/c1-15-6-3-4-9-19(15)24-26(20-11-10-18(28)13-22(20)29-25(26)32)21(14-23(31)30(24)2)16-7-5-8-17(27)12-16/h3-13,21,24H,14H2,1-2H3,(H,29,32)/t21-,24+,26-/m0/s1. The number of benzene rings is 3. The number of likely N-dealkylation sites (N-methyl/N-ethyl adjacent to an activating group) is 1. The lowest BCUT2D eigenvalue weighted by atomic mass is 9.58. The van der Waals surface area contributed by atoms with E-state index in [0.29, 0.717) is 15.7 Å². The monoisotopic (exact) mass is 464 g/mol. The topological polar surface area (TPSA) is 49.4 Å². The predicted octanol–water partition coefficient (Wildman–Crippen LogP) is 5.88. The molecule has 1 spiro atoms. The molecule has 6 heteroatoms. The van der Waals surface area contributed by atoms with E-state index < -0.39 is 17.4 Å². The van der Waals surface area contributed by atoms with Crippen molar-refractivity contribution in [2.24, 2.45) is 0 Å². The van der Waals surface area contributed by atoms with E-state index in [2.05, 4.69) is 5.32 Å². The van der Waals surface area contributed by atoms with Crippen molar-refractivity contribution in [3.63, 3.8) is 0 Å². The third-order valence-corrected chi connectivity index (χ3v) is 7.40. The summed E-state index contributed by atoms with van der Waals surface area (Å²) in [7, 11) is 1.79. The number of rotatable bonds is 2. The Morgan fingerprint density at radius 3 is 2.47 bits per heavy atom. The van der Waals surface area contributed by atoms with Crippen molar-refractivity contribution in [3.05, 3.63) is 99.0 Å². The van der Waals surface area contributed by atoms with Crippen molar-refractivity contribution in [1.29, 1.82) is 0 Å². The average Bonchev–Trinajstić information content (AvgIpc) is 3.03. The van der Waals surface area contributed by atoms with Crippen molar-refractivity contribution < 1.29 is 9.59 Å². The van der Waals surface area contributed by atoms with Crippen LogP contribution in [0.4, 0.5) is 5.69 Å². The summed E-state index contributed by atoms with van der Waals surface area (Å²) in [5, 5.41) is 4.20. The fourth-order valence-corrected chi connectivity index (χ4v) is 5.89. The average molecular weight is 465 g/mol. The zero-order chi connectivity index (χ0) is 22.6. The Balaban J connectivity index is 1.86. The van der Waals surface area contributed by atoms with Crippen LogP contribution in [-0.4, -0.2) is 23.8 Å². The summed E-state index contributed by atoms with van der Waals surface area (Å²) in [5.41, 5.74) is 3.36. The number of anilines is 1. The van der Waals surface area contributed by atoms with Crippen molar-refractivity contribution in [2.45, 2.75) is 30.7 Å². The molecule has 0 bridgehead atoms. The Kier molecular flexibility index (Phi) is 5.03. The Labute approximate surface area is 197 Å². The van der Waals surface area contributed by atoms with Gasteiger partial charge in [0.2, 0.25) is 11.8 Å². The molecule has 4 nitrogen and oxygen atoms in total. The smallest absolute Gasteiger partial charge is 0.238 e. The summed E-state index contributed by atoms with van der Waals surface area (Å²) < 4.78 is 0. The number of aryl methyl sites for hydroxylation is 1. The van der Waals surface area contributed by atoms with Crippen LogP contribution in [0.5, 0.6) is 0 Å². The second-order valence-corrected chi connectivity index (χ2v) is 9.46. The number of nitrogens with zero attached hydrogens (tertiary/aromatic N) is 1. The largest absolute Gasteiger partial charge is 0.337 e. The van der Waals surface area contributed by atoms with Crippen molar-refractivity contribution in [1.82, 2.24) is 4.90 Å². The van der Waals surface area contributed by atoms with E-state index in [1.54, 1.807) is 24.1 Å². The van der Waals surface area contributed by atoms with Gasteiger partial charge < -0.3 is 10.2 Å². The molecule has 3 aromatic carbocycles. The molecule has 32 heavy (non-hydrogen) atoms. The van der Waals surface area contributed by atoms with E-state index in [-0.39, 0.29) is 18.2 Å². The summed E-state index contributed by atoms with van der Waals surface area (Å²) >= 11 is 12.6. The molecule has 0 radical (unpaired) electrons. The molecule has 0 aliphatic carbocycles. The van der Waals surface area contributed by atoms with Gasteiger partial charge in [0.05, 0.1) is 6.04 Å². The zero-order valence-electron chi connectivity index (χ0n) is 17.7. The SMILES string of the molecule is Cc1ccccc1[C@H]1N(C)C(=O)C[C@@H](c2cccc(Cl)c2)[C@]12C(=O)Nc1cc(Cl)ccc12. The number of carbonyl (C=O) groups is 2. The van der Waals surface area contributed by atoms with E-state index in [9.17, 15) is 9.59 Å². The number of carbonyl (C=O) groups excluding carboxylic acids is 2. The molecule has 162 valence electrons. The van der Waals surface area contributed by atoms with Gasteiger partial charge in [0.25, 0.3) is 0 Å². The van der Waals surface area contributed by atoms with Crippen LogP contribution < -0.4 is 5.32 Å². The van der Waals surface area contributed by atoms with Gasteiger partial charge in [-0.15, -0.1) is 0 Å². The minimum absolute atomic E-state index is 0.0101. The van der Waals surface area contributed by atoms with Crippen LogP contribution in [0.1, 0.15) is 40.6 Å². The minimum Gasteiger partial charge on any atom is -0.337 e. The summed E-state index contributed by atoms with van der Waals surface area (Å²) in [6.07, 6.45) is 0.203. The normalized spacial score (nSPS) is 24.6. The molecule has 0 unspecified atom stereocenters. The maximum absolute atomic E-state index is 14.0. The molecule has 2 amide bonds.